The number of carboxylic acids is 1. The fourth-order valence-corrected chi connectivity index (χ4v) is 5.56. The van der Waals surface area contributed by atoms with Crippen LogP contribution in [0.15, 0.2) is 0 Å². The van der Waals surface area contributed by atoms with Gasteiger partial charge in [-0.3, -0.25) is 9.59 Å². The van der Waals surface area contributed by atoms with Gasteiger partial charge in [0, 0.05) is 20.3 Å². The van der Waals surface area contributed by atoms with E-state index in [9.17, 15) is 70.6 Å². The van der Waals surface area contributed by atoms with Crippen molar-refractivity contribution >= 4 is 17.8 Å². The van der Waals surface area contributed by atoms with E-state index in [-0.39, 0.29) is 0 Å². The summed E-state index contributed by atoms with van der Waals surface area (Å²) in [5.74, 6) is -6.50. The molecule has 2 amide bonds. The molecule has 0 saturated carbocycles. The number of ether oxygens (including phenoxy) is 5. The highest BCUT2D eigenvalue weighted by molar-refractivity contribution is 5.76. The predicted octanol–water partition coefficient (Wildman–Crippen LogP) is -8.08. The molecule has 1 unspecified atom stereocenters. The molecule has 13 N–H and O–H groups in total. The van der Waals surface area contributed by atoms with Crippen LogP contribution in [0.4, 0.5) is 0 Å². The number of hydrogen-bond donors (Lipinski definition) is 13. The molecule has 0 aromatic rings. The van der Waals surface area contributed by atoms with Gasteiger partial charge in [-0.05, 0) is 0 Å². The topological polar surface area (TPSA) is 344 Å². The predicted molar refractivity (Wildman–Crippen MR) is 142 cm³/mol. The first-order valence-electron chi connectivity index (χ1n) is 14.2. The summed E-state index contributed by atoms with van der Waals surface area (Å²) in [5.41, 5.74) is 0. The Labute approximate surface area is 260 Å². The summed E-state index contributed by atoms with van der Waals surface area (Å²) >= 11 is 0. The highest BCUT2D eigenvalue weighted by Crippen LogP contribution is 2.38. The van der Waals surface area contributed by atoms with Crippen LogP contribution in [0.2, 0.25) is 0 Å². The summed E-state index contributed by atoms with van der Waals surface area (Å²) < 4.78 is 27.3. The van der Waals surface area contributed by atoms with Gasteiger partial charge in [-0.15, -0.1) is 0 Å². The van der Waals surface area contributed by atoms with Crippen LogP contribution in [0, 0.1) is 0 Å². The van der Waals surface area contributed by atoms with E-state index in [0.29, 0.717) is 0 Å². The lowest BCUT2D eigenvalue weighted by molar-refractivity contribution is -0.380. The van der Waals surface area contributed by atoms with Gasteiger partial charge in [-0.2, -0.15) is 0 Å². The normalized spacial score (nSPS) is 42.9. The van der Waals surface area contributed by atoms with Gasteiger partial charge in [0.1, 0.15) is 67.1 Å². The van der Waals surface area contributed by atoms with E-state index in [1.54, 1.807) is 0 Å². The maximum atomic E-state index is 12.6. The van der Waals surface area contributed by atoms with E-state index < -0.39 is 142 Å². The quantitative estimate of drug-likeness (QED) is 0.0913. The summed E-state index contributed by atoms with van der Waals surface area (Å²) in [5, 5.41) is 118. The molecule has 21 heteroatoms. The second-order valence-electron chi connectivity index (χ2n) is 11.2. The van der Waals surface area contributed by atoms with Crippen molar-refractivity contribution < 1.29 is 94.2 Å². The summed E-state index contributed by atoms with van der Waals surface area (Å²) in [6.07, 6.45) is -25.8. The Morgan fingerprint density at radius 1 is 0.848 bits per heavy atom. The monoisotopic (exact) mass is 674 g/mol. The summed E-state index contributed by atoms with van der Waals surface area (Å²) in [4.78, 5) is 36.2. The average molecular weight is 675 g/mol. The van der Waals surface area contributed by atoms with Gasteiger partial charge in [-0.25, -0.2) is 4.79 Å². The number of rotatable bonds is 12. The zero-order chi connectivity index (χ0) is 34.7. The molecule has 3 fully saturated rings. The fourth-order valence-electron chi connectivity index (χ4n) is 5.56. The Kier molecular flexibility index (Phi) is 13.1. The second-order valence-corrected chi connectivity index (χ2v) is 11.2. The lowest BCUT2D eigenvalue weighted by Crippen LogP contribution is -2.71. The number of carbonyl (C=O) groups is 3. The average Bonchev–Trinajstić information content (AvgIpc) is 2.99. The van der Waals surface area contributed by atoms with Gasteiger partial charge in [0.05, 0.1) is 32.0 Å². The van der Waals surface area contributed by atoms with Crippen LogP contribution in [-0.4, -0.2) is 191 Å². The van der Waals surface area contributed by atoms with Crippen molar-refractivity contribution in [3.63, 3.8) is 0 Å². The highest BCUT2D eigenvalue weighted by atomic mass is 16.8. The molecule has 3 aliphatic rings. The fraction of sp³-hybridized carbons (Fsp3) is 0.880. The molecule has 0 aliphatic carbocycles. The van der Waals surface area contributed by atoms with Crippen LogP contribution < -0.4 is 10.6 Å². The largest absolute Gasteiger partial charge is 0.477 e. The first kappa shape index (κ1) is 38.3. The number of aliphatic hydroxyl groups excluding tert-OH is 10. The van der Waals surface area contributed by atoms with Gasteiger partial charge >= 0.3 is 5.97 Å². The minimum atomic E-state index is -3.04. The number of hydrogen-bond acceptors (Lipinski definition) is 18. The molecule has 266 valence electrons. The summed E-state index contributed by atoms with van der Waals surface area (Å²) in [7, 11) is 0. The number of carbonyl (C=O) groups excluding carboxylic acids is 2. The first-order valence-corrected chi connectivity index (χ1v) is 14.2. The van der Waals surface area contributed by atoms with Crippen molar-refractivity contribution in [1.82, 2.24) is 10.6 Å². The van der Waals surface area contributed by atoms with Gasteiger partial charge in [-0.1, -0.05) is 0 Å². The van der Waals surface area contributed by atoms with E-state index >= 15 is 0 Å². The van der Waals surface area contributed by atoms with Crippen molar-refractivity contribution in [2.24, 2.45) is 0 Å². The maximum Gasteiger partial charge on any atom is 0.364 e. The lowest BCUT2D eigenvalue weighted by Gasteiger charge is -2.50. The number of aliphatic carboxylic acids is 1. The Morgan fingerprint density at radius 2 is 1.39 bits per heavy atom. The van der Waals surface area contributed by atoms with Crippen molar-refractivity contribution in [2.75, 3.05) is 19.8 Å². The molecule has 3 saturated heterocycles. The van der Waals surface area contributed by atoms with Crippen molar-refractivity contribution in [1.29, 1.82) is 0 Å². The van der Waals surface area contributed by atoms with E-state index in [4.69, 9.17) is 23.7 Å². The molecule has 21 nitrogen and oxygen atoms in total. The zero-order valence-corrected chi connectivity index (χ0v) is 24.7. The standard InChI is InChI=1S/C25H42N2O19/c1-7(31)26-13-9(33)3-25(24(40)41,45-20(13)15(35)10(34)4-28)46-21-17(37)12(6-30)43-23(18(21)38)44-19-14(27-8(2)32)22(39)42-11(5-29)16(19)36/h9-23,28-30,33-39H,3-6H2,1-2H3,(H,26,31)(H,27,32)(H,40,41)/t9-,10+,11+,12+,13+,14+,15+,16-,17-,18+,19+,20+,21-,22-,23-,25?/m0/s1. The van der Waals surface area contributed by atoms with Gasteiger partial charge < -0.3 is 90.5 Å². The number of amides is 2. The summed E-state index contributed by atoms with van der Waals surface area (Å²) in [6.45, 7) is -0.777. The third kappa shape index (κ3) is 8.08. The van der Waals surface area contributed by atoms with E-state index in [2.05, 4.69) is 10.6 Å². The van der Waals surface area contributed by atoms with E-state index in [0.717, 1.165) is 13.8 Å². The van der Waals surface area contributed by atoms with Crippen LogP contribution in [0.3, 0.4) is 0 Å². The lowest BCUT2D eigenvalue weighted by atomic mass is 9.88. The Bertz CT molecular complexity index is 1050. The second kappa shape index (κ2) is 15.8. The molecule has 0 aromatic carbocycles. The van der Waals surface area contributed by atoms with Crippen LogP contribution in [0.1, 0.15) is 20.3 Å². The third-order valence-electron chi connectivity index (χ3n) is 7.87. The number of aliphatic hydroxyl groups is 10. The third-order valence-corrected chi connectivity index (χ3v) is 7.87. The molecular formula is C25H42N2O19. The van der Waals surface area contributed by atoms with Crippen molar-refractivity contribution in [3.05, 3.63) is 0 Å². The van der Waals surface area contributed by atoms with E-state index in [1.807, 2.05) is 0 Å². The Morgan fingerprint density at radius 3 is 1.91 bits per heavy atom. The van der Waals surface area contributed by atoms with E-state index in [1.165, 1.54) is 0 Å². The molecule has 3 rings (SSSR count). The molecular weight excluding hydrogens is 632 g/mol. The summed E-state index contributed by atoms with van der Waals surface area (Å²) in [6, 6.07) is -3.08. The molecule has 0 spiro atoms. The number of carboxylic acid groups (broad SMARTS) is 1. The molecule has 16 atom stereocenters. The Hall–Kier alpha value is -2.19. The van der Waals surface area contributed by atoms with Crippen molar-refractivity contribution in [3.8, 4) is 0 Å². The van der Waals surface area contributed by atoms with Crippen molar-refractivity contribution in [2.45, 2.75) is 118 Å². The molecule has 0 aromatic heterocycles. The smallest absolute Gasteiger partial charge is 0.364 e. The van der Waals surface area contributed by atoms with Crippen LogP contribution in [0.5, 0.6) is 0 Å². The van der Waals surface area contributed by atoms with Gasteiger partial charge in [0.15, 0.2) is 12.6 Å². The first-order chi connectivity index (χ1) is 21.5. The minimum absolute atomic E-state index is 0.720. The number of nitrogens with one attached hydrogen (secondary N) is 2. The van der Waals surface area contributed by atoms with Crippen LogP contribution in [-0.2, 0) is 38.1 Å². The van der Waals surface area contributed by atoms with Crippen LogP contribution >= 0.6 is 0 Å². The minimum Gasteiger partial charge on any atom is -0.477 e. The molecule has 46 heavy (non-hydrogen) atoms. The molecule has 0 radical (unpaired) electrons. The molecule has 0 bridgehead atoms. The Balaban J connectivity index is 1.98. The SMILES string of the molecule is CC(=O)N[C@@H]1[C@@H](O[C@@H]2O[C@H](CO)[C@H](O)[C@H](OC3(C(=O)O)C[C@H](O)[C@@H](NC(C)=O)[C@H]([C@H](O)[C@H](O)CO)O3)[C@H]2O)[C@@H](O)[C@@H](CO)O[C@@H]1O. The van der Waals surface area contributed by atoms with Gasteiger partial charge in [0.2, 0.25) is 11.8 Å². The molecule has 3 aliphatic heterocycles. The molecule has 3 heterocycles. The van der Waals surface area contributed by atoms with Crippen LogP contribution in [0.25, 0.3) is 0 Å². The highest BCUT2D eigenvalue weighted by Gasteiger charge is 2.60. The van der Waals surface area contributed by atoms with Gasteiger partial charge in [0.25, 0.3) is 5.79 Å². The zero-order valence-electron chi connectivity index (χ0n) is 24.7. The maximum absolute atomic E-state index is 12.6.